The van der Waals surface area contributed by atoms with Crippen LogP contribution in [0.25, 0.3) is 0 Å². The monoisotopic (exact) mass is 325 g/mol. The third kappa shape index (κ3) is 3.88. The molecule has 4 rings (SSSR count). The first-order valence-electron chi connectivity index (χ1n) is 8.66. The number of aromatic nitrogens is 3. The summed E-state index contributed by atoms with van der Waals surface area (Å²) in [5, 5.41) is 3.43. The molecule has 1 saturated heterocycles. The molecule has 2 fully saturated rings. The molecule has 6 heteroatoms. The molecule has 3 heterocycles. The van der Waals surface area contributed by atoms with Crippen LogP contribution in [0.3, 0.4) is 0 Å². The van der Waals surface area contributed by atoms with Crippen LogP contribution in [0.1, 0.15) is 30.3 Å². The predicted octanol–water partition coefficient (Wildman–Crippen LogP) is 2.27. The minimum absolute atomic E-state index is 0.0922. The highest BCUT2D eigenvalue weighted by Crippen LogP contribution is 2.29. The molecule has 2 aliphatic rings. The van der Waals surface area contributed by atoms with E-state index < -0.39 is 0 Å². The normalized spacial score (nSPS) is 21.6. The molecule has 0 aromatic carbocycles. The second-order valence-corrected chi connectivity index (χ2v) is 6.54. The molecule has 2 aromatic rings. The second-order valence-electron chi connectivity index (χ2n) is 6.54. The van der Waals surface area contributed by atoms with Gasteiger partial charge in [0.25, 0.3) is 0 Å². The van der Waals surface area contributed by atoms with E-state index in [4.69, 9.17) is 9.72 Å². The summed E-state index contributed by atoms with van der Waals surface area (Å²) in [4.78, 5) is 15.7. The smallest absolute Gasteiger partial charge is 0.150 e. The van der Waals surface area contributed by atoms with Crippen molar-refractivity contribution in [1.82, 2.24) is 19.9 Å². The van der Waals surface area contributed by atoms with Crippen LogP contribution in [-0.4, -0.2) is 46.2 Å². The lowest BCUT2D eigenvalue weighted by Crippen LogP contribution is -2.39. The average molecular weight is 325 g/mol. The number of pyridine rings is 1. The van der Waals surface area contributed by atoms with Crippen LogP contribution in [0.15, 0.2) is 36.8 Å². The van der Waals surface area contributed by atoms with E-state index >= 15 is 0 Å². The van der Waals surface area contributed by atoms with Crippen LogP contribution in [0.4, 0.5) is 5.82 Å². The lowest BCUT2D eigenvalue weighted by Gasteiger charge is -2.34. The number of hydrogen-bond donors (Lipinski definition) is 1. The highest BCUT2D eigenvalue weighted by molar-refractivity contribution is 5.33. The Hall–Kier alpha value is -2.05. The minimum Gasteiger partial charge on any atom is -0.378 e. The number of ether oxygens (including phenoxy) is 1. The van der Waals surface area contributed by atoms with E-state index in [0.717, 1.165) is 43.8 Å². The van der Waals surface area contributed by atoms with Crippen LogP contribution in [0, 0.1) is 5.92 Å². The van der Waals surface area contributed by atoms with Gasteiger partial charge in [-0.25, -0.2) is 9.97 Å². The van der Waals surface area contributed by atoms with Gasteiger partial charge in [0.1, 0.15) is 11.6 Å². The summed E-state index contributed by atoms with van der Waals surface area (Å²) in [5.74, 6) is 2.58. The Kier molecular flexibility index (Phi) is 4.66. The molecule has 1 saturated carbocycles. The largest absolute Gasteiger partial charge is 0.378 e. The Morgan fingerprint density at radius 2 is 2.04 bits per heavy atom. The van der Waals surface area contributed by atoms with Crippen molar-refractivity contribution in [2.45, 2.75) is 25.4 Å². The topological polar surface area (TPSA) is 63.2 Å². The average Bonchev–Trinajstić information content (AvgIpc) is 3.46. The summed E-state index contributed by atoms with van der Waals surface area (Å²) in [7, 11) is 0. The minimum atomic E-state index is 0.0922. The molecule has 126 valence electrons. The highest BCUT2D eigenvalue weighted by atomic mass is 16.5. The summed E-state index contributed by atoms with van der Waals surface area (Å²) in [6.45, 7) is 4.15. The number of rotatable bonds is 6. The van der Waals surface area contributed by atoms with Crippen molar-refractivity contribution in [2.24, 2.45) is 5.92 Å². The van der Waals surface area contributed by atoms with E-state index in [1.807, 2.05) is 24.7 Å². The third-order valence-corrected chi connectivity index (χ3v) is 4.62. The van der Waals surface area contributed by atoms with Crippen molar-refractivity contribution < 1.29 is 4.74 Å². The van der Waals surface area contributed by atoms with Gasteiger partial charge in [-0.15, -0.1) is 0 Å². The van der Waals surface area contributed by atoms with Gasteiger partial charge in [-0.1, -0.05) is 0 Å². The van der Waals surface area contributed by atoms with Gasteiger partial charge < -0.3 is 10.1 Å². The lowest BCUT2D eigenvalue weighted by atomic mass is 10.1. The zero-order valence-electron chi connectivity index (χ0n) is 13.8. The first-order valence-corrected chi connectivity index (χ1v) is 8.66. The SMILES string of the molecule is c1cc(CN2CCOC[C@H]2c2nccc(NCC3CC3)n2)ccn1. The van der Waals surface area contributed by atoms with Crippen LogP contribution >= 0.6 is 0 Å². The summed E-state index contributed by atoms with van der Waals surface area (Å²) in [6.07, 6.45) is 8.19. The molecular weight excluding hydrogens is 302 g/mol. The van der Waals surface area contributed by atoms with Gasteiger partial charge in [-0.05, 0) is 42.5 Å². The van der Waals surface area contributed by atoms with Gasteiger partial charge in [0.2, 0.25) is 0 Å². The van der Waals surface area contributed by atoms with Gasteiger partial charge in [-0.3, -0.25) is 9.88 Å². The van der Waals surface area contributed by atoms with Crippen molar-refractivity contribution in [3.05, 3.63) is 48.2 Å². The first-order chi connectivity index (χ1) is 11.9. The molecule has 1 atom stereocenters. The maximum atomic E-state index is 5.70. The standard InChI is InChI=1S/C18H23N5O/c1-2-14(1)11-21-17-5-8-20-18(22-17)16-13-24-10-9-23(16)12-15-3-6-19-7-4-15/h3-8,14,16H,1-2,9-13H2,(H,20,21,22)/t16-/m0/s1. The molecule has 2 aromatic heterocycles. The van der Waals surface area contributed by atoms with Crippen LogP contribution in [0.5, 0.6) is 0 Å². The maximum absolute atomic E-state index is 5.70. The summed E-state index contributed by atoms with van der Waals surface area (Å²) >= 11 is 0. The summed E-state index contributed by atoms with van der Waals surface area (Å²) in [5.41, 5.74) is 1.25. The van der Waals surface area contributed by atoms with E-state index in [-0.39, 0.29) is 6.04 Å². The first kappa shape index (κ1) is 15.5. The van der Waals surface area contributed by atoms with E-state index in [1.165, 1.54) is 18.4 Å². The molecule has 6 nitrogen and oxygen atoms in total. The Balaban J connectivity index is 1.48. The zero-order chi connectivity index (χ0) is 16.2. The van der Waals surface area contributed by atoms with E-state index in [2.05, 4.69) is 32.3 Å². The molecule has 24 heavy (non-hydrogen) atoms. The van der Waals surface area contributed by atoms with Crippen molar-refractivity contribution in [1.29, 1.82) is 0 Å². The summed E-state index contributed by atoms with van der Waals surface area (Å²) < 4.78 is 5.70. The quantitative estimate of drug-likeness (QED) is 0.879. The Morgan fingerprint density at radius 1 is 1.17 bits per heavy atom. The molecule has 0 bridgehead atoms. The van der Waals surface area contributed by atoms with Gasteiger partial charge in [0.15, 0.2) is 0 Å². The third-order valence-electron chi connectivity index (χ3n) is 4.62. The molecule has 1 aliphatic heterocycles. The summed E-state index contributed by atoms with van der Waals surface area (Å²) in [6, 6.07) is 6.15. The fourth-order valence-corrected chi connectivity index (χ4v) is 2.99. The van der Waals surface area contributed by atoms with Crippen LogP contribution in [0.2, 0.25) is 0 Å². The Morgan fingerprint density at radius 3 is 2.88 bits per heavy atom. The van der Waals surface area contributed by atoms with E-state index in [1.54, 1.807) is 0 Å². The Bertz CT molecular complexity index is 661. The number of nitrogens with one attached hydrogen (secondary N) is 1. The number of anilines is 1. The van der Waals surface area contributed by atoms with Crippen LogP contribution < -0.4 is 5.32 Å². The van der Waals surface area contributed by atoms with Crippen molar-refractivity contribution >= 4 is 5.82 Å². The number of morpholine rings is 1. The van der Waals surface area contributed by atoms with Gasteiger partial charge in [0, 0.05) is 38.2 Å². The Labute approximate surface area is 142 Å². The fraction of sp³-hybridized carbons (Fsp3) is 0.500. The fourth-order valence-electron chi connectivity index (χ4n) is 2.99. The molecule has 1 N–H and O–H groups in total. The molecule has 0 radical (unpaired) electrons. The molecular formula is C18H23N5O. The molecule has 0 unspecified atom stereocenters. The maximum Gasteiger partial charge on any atom is 0.150 e. The van der Waals surface area contributed by atoms with Gasteiger partial charge >= 0.3 is 0 Å². The van der Waals surface area contributed by atoms with E-state index in [0.29, 0.717) is 6.61 Å². The van der Waals surface area contributed by atoms with Crippen LogP contribution in [-0.2, 0) is 11.3 Å². The van der Waals surface area contributed by atoms with Crippen molar-refractivity contribution in [3.8, 4) is 0 Å². The predicted molar refractivity (Wildman–Crippen MR) is 91.5 cm³/mol. The van der Waals surface area contributed by atoms with Crippen molar-refractivity contribution in [2.75, 3.05) is 31.6 Å². The van der Waals surface area contributed by atoms with Crippen molar-refractivity contribution in [3.63, 3.8) is 0 Å². The van der Waals surface area contributed by atoms with Gasteiger partial charge in [-0.2, -0.15) is 0 Å². The molecule has 0 spiro atoms. The second kappa shape index (κ2) is 7.23. The molecule has 1 aliphatic carbocycles. The van der Waals surface area contributed by atoms with Gasteiger partial charge in [0.05, 0.1) is 19.3 Å². The highest BCUT2D eigenvalue weighted by Gasteiger charge is 2.27. The lowest BCUT2D eigenvalue weighted by molar-refractivity contribution is -0.0159. The number of nitrogens with zero attached hydrogens (tertiary/aromatic N) is 4. The zero-order valence-corrected chi connectivity index (χ0v) is 13.8. The molecule has 0 amide bonds. The number of hydrogen-bond acceptors (Lipinski definition) is 6. The van der Waals surface area contributed by atoms with E-state index in [9.17, 15) is 0 Å².